The number of ether oxygens (including phenoxy) is 1. The lowest BCUT2D eigenvalue weighted by Gasteiger charge is -2.26. The first-order chi connectivity index (χ1) is 7.74. The Morgan fingerprint density at radius 2 is 2.00 bits per heavy atom. The Labute approximate surface area is 96.0 Å². The van der Waals surface area contributed by atoms with E-state index in [1.165, 1.54) is 0 Å². The molecule has 1 aromatic rings. The maximum atomic E-state index is 13.2. The number of hydrogen-bond acceptors (Lipinski definition) is 2. The molecule has 1 aromatic carbocycles. The Bertz CT molecular complexity index is 328. The predicted octanol–water partition coefficient (Wildman–Crippen LogP) is 2.01. The highest BCUT2D eigenvalue weighted by Crippen LogP contribution is 2.10. The molecule has 0 aliphatic carbocycles. The van der Waals surface area contributed by atoms with Gasteiger partial charge in [0.25, 0.3) is 0 Å². The van der Waals surface area contributed by atoms with E-state index in [4.69, 9.17) is 4.74 Å². The molecular weight excluding hydrogens is 205 g/mol. The van der Waals surface area contributed by atoms with Crippen LogP contribution < -0.4 is 0 Å². The zero-order valence-corrected chi connectivity index (χ0v) is 9.71. The van der Waals surface area contributed by atoms with E-state index < -0.39 is 0 Å². The number of hydrogen-bond donors (Lipinski definition) is 0. The molecule has 0 bridgehead atoms. The molecule has 16 heavy (non-hydrogen) atoms. The molecular formula is C13H18FNO. The highest BCUT2D eigenvalue weighted by molar-refractivity contribution is 5.23. The predicted molar refractivity (Wildman–Crippen MR) is 62.1 cm³/mol. The van der Waals surface area contributed by atoms with Crippen molar-refractivity contribution >= 4 is 0 Å². The van der Waals surface area contributed by atoms with Crippen LogP contribution in [0.15, 0.2) is 18.2 Å². The first-order valence-electron chi connectivity index (χ1n) is 5.80. The molecule has 1 saturated heterocycles. The molecule has 2 nitrogen and oxygen atoms in total. The molecule has 1 aliphatic rings. The lowest BCUT2D eigenvalue weighted by Crippen LogP contribution is -2.37. The van der Waals surface area contributed by atoms with Crippen molar-refractivity contribution in [2.24, 2.45) is 0 Å². The molecule has 0 saturated carbocycles. The van der Waals surface area contributed by atoms with Gasteiger partial charge >= 0.3 is 0 Å². The third-order valence-corrected chi connectivity index (χ3v) is 2.92. The Balaban J connectivity index is 1.88. The van der Waals surface area contributed by atoms with Crippen molar-refractivity contribution in [2.45, 2.75) is 13.3 Å². The SMILES string of the molecule is Cc1cc(F)cc(CCN2CCOCC2)c1. The fourth-order valence-electron chi connectivity index (χ4n) is 2.07. The van der Waals surface area contributed by atoms with Gasteiger partial charge < -0.3 is 4.74 Å². The van der Waals surface area contributed by atoms with Gasteiger partial charge in [-0.3, -0.25) is 4.90 Å². The molecule has 0 atom stereocenters. The van der Waals surface area contributed by atoms with Crippen LogP contribution in [-0.2, 0) is 11.2 Å². The first-order valence-corrected chi connectivity index (χ1v) is 5.80. The van der Waals surface area contributed by atoms with Crippen LogP contribution in [0.3, 0.4) is 0 Å². The summed E-state index contributed by atoms with van der Waals surface area (Å²) < 4.78 is 18.4. The van der Waals surface area contributed by atoms with Crippen molar-refractivity contribution in [1.29, 1.82) is 0 Å². The average Bonchev–Trinajstić information content (AvgIpc) is 2.27. The summed E-state index contributed by atoms with van der Waals surface area (Å²) in [6.45, 7) is 6.56. The summed E-state index contributed by atoms with van der Waals surface area (Å²) in [5, 5.41) is 0. The summed E-state index contributed by atoms with van der Waals surface area (Å²) in [5.41, 5.74) is 2.08. The molecule has 0 unspecified atom stereocenters. The van der Waals surface area contributed by atoms with Crippen LogP contribution in [-0.4, -0.2) is 37.7 Å². The molecule has 2 rings (SSSR count). The van der Waals surface area contributed by atoms with E-state index in [2.05, 4.69) is 11.0 Å². The monoisotopic (exact) mass is 223 g/mol. The van der Waals surface area contributed by atoms with E-state index in [0.29, 0.717) is 0 Å². The van der Waals surface area contributed by atoms with Gasteiger partial charge in [0.05, 0.1) is 13.2 Å². The van der Waals surface area contributed by atoms with Gasteiger partial charge in [-0.1, -0.05) is 6.07 Å². The molecule has 3 heteroatoms. The van der Waals surface area contributed by atoms with E-state index in [0.717, 1.165) is 50.4 Å². The van der Waals surface area contributed by atoms with Crippen LogP contribution in [0.5, 0.6) is 0 Å². The lowest BCUT2D eigenvalue weighted by atomic mass is 10.1. The second-order valence-corrected chi connectivity index (χ2v) is 4.34. The van der Waals surface area contributed by atoms with Crippen molar-refractivity contribution < 1.29 is 9.13 Å². The normalized spacial score (nSPS) is 17.6. The second kappa shape index (κ2) is 5.41. The highest BCUT2D eigenvalue weighted by atomic mass is 19.1. The van der Waals surface area contributed by atoms with Crippen molar-refractivity contribution in [3.8, 4) is 0 Å². The minimum Gasteiger partial charge on any atom is -0.379 e. The quantitative estimate of drug-likeness (QED) is 0.777. The van der Waals surface area contributed by atoms with Crippen LogP contribution in [0.2, 0.25) is 0 Å². The lowest BCUT2D eigenvalue weighted by molar-refractivity contribution is 0.0384. The smallest absolute Gasteiger partial charge is 0.123 e. The summed E-state index contributed by atoms with van der Waals surface area (Å²) in [6, 6.07) is 5.26. The van der Waals surface area contributed by atoms with Gasteiger partial charge in [0.15, 0.2) is 0 Å². The van der Waals surface area contributed by atoms with E-state index in [9.17, 15) is 4.39 Å². The van der Waals surface area contributed by atoms with Gasteiger partial charge in [0, 0.05) is 19.6 Å². The molecule has 88 valence electrons. The molecule has 1 heterocycles. The highest BCUT2D eigenvalue weighted by Gasteiger charge is 2.10. The molecule has 0 radical (unpaired) electrons. The molecule has 0 amide bonds. The van der Waals surface area contributed by atoms with Crippen molar-refractivity contribution in [2.75, 3.05) is 32.8 Å². The van der Waals surface area contributed by atoms with Crippen LogP contribution in [0, 0.1) is 12.7 Å². The Morgan fingerprint density at radius 3 is 2.69 bits per heavy atom. The fraction of sp³-hybridized carbons (Fsp3) is 0.538. The molecule has 1 fully saturated rings. The van der Waals surface area contributed by atoms with Gasteiger partial charge in [0.2, 0.25) is 0 Å². The molecule has 0 N–H and O–H groups in total. The Kier molecular flexibility index (Phi) is 3.91. The maximum absolute atomic E-state index is 13.2. The van der Waals surface area contributed by atoms with Gasteiger partial charge in [-0.05, 0) is 36.6 Å². The standard InChI is InChI=1S/C13H18FNO/c1-11-8-12(10-13(14)9-11)2-3-15-4-6-16-7-5-15/h8-10H,2-7H2,1H3. The van der Waals surface area contributed by atoms with Crippen LogP contribution in [0.4, 0.5) is 4.39 Å². The first kappa shape index (κ1) is 11.6. The fourth-order valence-corrected chi connectivity index (χ4v) is 2.07. The second-order valence-electron chi connectivity index (χ2n) is 4.34. The van der Waals surface area contributed by atoms with Gasteiger partial charge in [-0.25, -0.2) is 4.39 Å². The minimum atomic E-state index is -0.128. The Morgan fingerprint density at radius 1 is 1.25 bits per heavy atom. The summed E-state index contributed by atoms with van der Waals surface area (Å²) in [4.78, 5) is 2.36. The molecule has 0 aromatic heterocycles. The third-order valence-electron chi connectivity index (χ3n) is 2.92. The van der Waals surface area contributed by atoms with E-state index in [1.54, 1.807) is 12.1 Å². The number of nitrogens with zero attached hydrogens (tertiary/aromatic N) is 1. The summed E-state index contributed by atoms with van der Waals surface area (Å²) in [5.74, 6) is -0.128. The number of halogens is 1. The average molecular weight is 223 g/mol. The number of benzene rings is 1. The van der Waals surface area contributed by atoms with Crippen molar-refractivity contribution in [1.82, 2.24) is 4.90 Å². The largest absolute Gasteiger partial charge is 0.379 e. The maximum Gasteiger partial charge on any atom is 0.123 e. The Hall–Kier alpha value is -0.930. The van der Waals surface area contributed by atoms with E-state index in [1.807, 2.05) is 6.92 Å². The number of rotatable bonds is 3. The minimum absolute atomic E-state index is 0.128. The molecule has 1 aliphatic heterocycles. The van der Waals surface area contributed by atoms with E-state index in [-0.39, 0.29) is 5.82 Å². The van der Waals surface area contributed by atoms with Crippen molar-refractivity contribution in [3.05, 3.63) is 35.1 Å². The number of morpholine rings is 1. The van der Waals surface area contributed by atoms with Crippen molar-refractivity contribution in [3.63, 3.8) is 0 Å². The zero-order chi connectivity index (χ0) is 11.4. The summed E-state index contributed by atoms with van der Waals surface area (Å²) >= 11 is 0. The zero-order valence-electron chi connectivity index (χ0n) is 9.71. The van der Waals surface area contributed by atoms with Crippen LogP contribution in [0.1, 0.15) is 11.1 Å². The van der Waals surface area contributed by atoms with Gasteiger partial charge in [-0.2, -0.15) is 0 Å². The third kappa shape index (κ3) is 3.29. The topological polar surface area (TPSA) is 12.5 Å². The van der Waals surface area contributed by atoms with E-state index >= 15 is 0 Å². The number of aryl methyl sites for hydroxylation is 1. The van der Waals surface area contributed by atoms with Crippen LogP contribution >= 0.6 is 0 Å². The van der Waals surface area contributed by atoms with Gasteiger partial charge in [0.1, 0.15) is 5.82 Å². The molecule has 0 spiro atoms. The summed E-state index contributed by atoms with van der Waals surface area (Å²) in [7, 11) is 0. The van der Waals surface area contributed by atoms with Crippen LogP contribution in [0.25, 0.3) is 0 Å². The summed E-state index contributed by atoms with van der Waals surface area (Å²) in [6.07, 6.45) is 0.915. The van der Waals surface area contributed by atoms with Gasteiger partial charge in [-0.15, -0.1) is 0 Å².